The molecule has 0 atom stereocenters. The van der Waals surface area contributed by atoms with E-state index in [2.05, 4.69) is 35.8 Å². The predicted octanol–water partition coefficient (Wildman–Crippen LogP) is 4.56. The first kappa shape index (κ1) is 12.9. The molecule has 0 fully saturated rings. The average molecular weight is 288 g/mol. The molecule has 0 radical (unpaired) electrons. The Morgan fingerprint density at radius 2 is 2.13 bits per heavy atom. The maximum atomic E-state index is 5.89. The van der Waals surface area contributed by atoms with Gasteiger partial charge in [0.15, 0.2) is 0 Å². The first-order valence-corrected chi connectivity index (χ1v) is 7.05. The van der Waals surface area contributed by atoms with Crippen molar-refractivity contribution in [1.82, 2.24) is 0 Å². The molecule has 0 spiro atoms. The Morgan fingerprint density at radius 3 is 2.80 bits per heavy atom. The fourth-order valence-electron chi connectivity index (χ4n) is 1.31. The molecule has 0 saturated heterocycles. The Balaban J connectivity index is 2.40. The maximum Gasteiger partial charge on any atom is 0.0453 e. The van der Waals surface area contributed by atoms with Gasteiger partial charge >= 0.3 is 0 Å². The third-order valence-electron chi connectivity index (χ3n) is 2.16. The van der Waals surface area contributed by atoms with Crippen LogP contribution in [0, 0.1) is 5.92 Å². The van der Waals surface area contributed by atoms with Gasteiger partial charge in [-0.25, -0.2) is 0 Å². The van der Waals surface area contributed by atoms with Gasteiger partial charge in [0.2, 0.25) is 0 Å². The molecule has 3 heteroatoms. The van der Waals surface area contributed by atoms with Crippen molar-refractivity contribution in [3.8, 4) is 0 Å². The number of nitrogen functional groups attached to an aromatic ring is 1. The third-order valence-corrected chi connectivity index (χ3v) is 3.81. The highest BCUT2D eigenvalue weighted by atomic mass is 79.9. The Kier molecular flexibility index (Phi) is 5.54. The summed E-state index contributed by atoms with van der Waals surface area (Å²) in [6.45, 7) is 4.52. The van der Waals surface area contributed by atoms with Gasteiger partial charge in [-0.05, 0) is 36.3 Å². The van der Waals surface area contributed by atoms with Crippen molar-refractivity contribution in [2.75, 3.05) is 11.5 Å². The second-order valence-electron chi connectivity index (χ2n) is 4.07. The summed E-state index contributed by atoms with van der Waals surface area (Å²) < 4.78 is 1.10. The fraction of sp³-hybridized carbons (Fsp3) is 0.500. The quantitative estimate of drug-likeness (QED) is 0.488. The zero-order chi connectivity index (χ0) is 11.3. The van der Waals surface area contributed by atoms with E-state index in [9.17, 15) is 0 Å². The van der Waals surface area contributed by atoms with Gasteiger partial charge in [-0.2, -0.15) is 0 Å². The molecule has 0 aliphatic rings. The minimum absolute atomic E-state index is 0.797. The zero-order valence-corrected chi connectivity index (χ0v) is 11.7. The Labute approximate surface area is 105 Å². The van der Waals surface area contributed by atoms with Gasteiger partial charge < -0.3 is 5.73 Å². The van der Waals surface area contributed by atoms with Crippen LogP contribution in [0.25, 0.3) is 0 Å². The van der Waals surface area contributed by atoms with E-state index in [0.717, 1.165) is 21.8 Å². The molecular formula is C12H18BrNS. The van der Waals surface area contributed by atoms with Gasteiger partial charge in [-0.1, -0.05) is 36.2 Å². The van der Waals surface area contributed by atoms with Gasteiger partial charge in [-0.3, -0.25) is 0 Å². The molecule has 1 nitrogen and oxygen atoms in total. The van der Waals surface area contributed by atoms with Gasteiger partial charge in [-0.15, -0.1) is 11.8 Å². The van der Waals surface area contributed by atoms with E-state index in [-0.39, 0.29) is 0 Å². The number of hydrogen-bond acceptors (Lipinski definition) is 2. The summed E-state index contributed by atoms with van der Waals surface area (Å²) in [5.74, 6) is 1.95. The summed E-state index contributed by atoms with van der Waals surface area (Å²) in [6.07, 6.45) is 2.55. The molecular weight excluding hydrogens is 270 g/mol. The molecule has 1 aromatic rings. The first-order valence-electron chi connectivity index (χ1n) is 5.27. The summed E-state index contributed by atoms with van der Waals surface area (Å²) in [5.41, 5.74) is 6.77. The number of thioether (sulfide) groups is 1. The summed E-state index contributed by atoms with van der Waals surface area (Å²) in [4.78, 5) is 1.19. The summed E-state index contributed by atoms with van der Waals surface area (Å²) in [6, 6.07) is 6.03. The topological polar surface area (TPSA) is 26.0 Å². The number of anilines is 1. The molecule has 0 saturated carbocycles. The highest BCUT2D eigenvalue weighted by Crippen LogP contribution is 2.29. The molecule has 0 heterocycles. The van der Waals surface area contributed by atoms with Crippen LogP contribution in [0.15, 0.2) is 27.6 Å². The molecule has 84 valence electrons. The van der Waals surface area contributed by atoms with Crippen molar-refractivity contribution in [3.05, 3.63) is 22.7 Å². The SMILES string of the molecule is CC(C)CCCSc1cc(Br)ccc1N. The molecule has 1 aromatic carbocycles. The van der Waals surface area contributed by atoms with E-state index >= 15 is 0 Å². The normalized spacial score (nSPS) is 10.9. The average Bonchev–Trinajstić information content (AvgIpc) is 2.17. The van der Waals surface area contributed by atoms with Gasteiger partial charge in [0.1, 0.15) is 0 Å². The summed E-state index contributed by atoms with van der Waals surface area (Å²) in [7, 11) is 0. The molecule has 2 N–H and O–H groups in total. The number of benzene rings is 1. The van der Waals surface area contributed by atoms with Crippen LogP contribution < -0.4 is 5.73 Å². The zero-order valence-electron chi connectivity index (χ0n) is 9.29. The van der Waals surface area contributed by atoms with Crippen molar-refractivity contribution in [2.45, 2.75) is 31.6 Å². The molecule has 0 amide bonds. The number of halogens is 1. The summed E-state index contributed by atoms with van der Waals surface area (Å²) in [5, 5.41) is 0. The molecule has 0 aromatic heterocycles. The lowest BCUT2D eigenvalue weighted by atomic mass is 10.1. The third kappa shape index (κ3) is 4.94. The van der Waals surface area contributed by atoms with Crippen LogP contribution in [0.1, 0.15) is 26.7 Å². The highest BCUT2D eigenvalue weighted by Gasteiger charge is 2.01. The summed E-state index contributed by atoms with van der Waals surface area (Å²) >= 11 is 5.31. The van der Waals surface area contributed by atoms with Crippen molar-refractivity contribution < 1.29 is 0 Å². The Morgan fingerprint density at radius 1 is 1.40 bits per heavy atom. The number of rotatable bonds is 5. The van der Waals surface area contributed by atoms with Crippen LogP contribution in [-0.4, -0.2) is 5.75 Å². The van der Waals surface area contributed by atoms with Crippen LogP contribution in [0.3, 0.4) is 0 Å². The van der Waals surface area contributed by atoms with Gasteiger partial charge in [0, 0.05) is 15.1 Å². The van der Waals surface area contributed by atoms with E-state index < -0.39 is 0 Å². The van der Waals surface area contributed by atoms with E-state index in [1.54, 1.807) is 0 Å². The second kappa shape index (κ2) is 6.44. The lowest BCUT2D eigenvalue weighted by Crippen LogP contribution is -1.91. The van der Waals surface area contributed by atoms with Crippen LogP contribution in [-0.2, 0) is 0 Å². The lowest BCUT2D eigenvalue weighted by molar-refractivity contribution is 0.579. The Hall–Kier alpha value is -0.150. The van der Waals surface area contributed by atoms with E-state index in [1.165, 1.54) is 17.7 Å². The number of nitrogens with two attached hydrogens (primary N) is 1. The van der Waals surface area contributed by atoms with Crippen LogP contribution >= 0.6 is 27.7 Å². The first-order chi connectivity index (χ1) is 7.09. The smallest absolute Gasteiger partial charge is 0.0453 e. The van der Waals surface area contributed by atoms with Crippen molar-refractivity contribution in [2.24, 2.45) is 5.92 Å². The largest absolute Gasteiger partial charge is 0.398 e. The minimum Gasteiger partial charge on any atom is -0.398 e. The van der Waals surface area contributed by atoms with E-state index in [4.69, 9.17) is 5.73 Å². The number of hydrogen-bond donors (Lipinski definition) is 1. The molecule has 0 bridgehead atoms. The predicted molar refractivity (Wildman–Crippen MR) is 73.4 cm³/mol. The van der Waals surface area contributed by atoms with Crippen LogP contribution in [0.5, 0.6) is 0 Å². The fourth-order valence-corrected chi connectivity index (χ4v) is 2.80. The van der Waals surface area contributed by atoms with Crippen molar-refractivity contribution in [1.29, 1.82) is 0 Å². The van der Waals surface area contributed by atoms with Gasteiger partial charge in [0.05, 0.1) is 0 Å². The monoisotopic (exact) mass is 287 g/mol. The molecule has 0 aliphatic heterocycles. The maximum absolute atomic E-state index is 5.89. The van der Waals surface area contributed by atoms with E-state index in [1.807, 2.05) is 23.9 Å². The molecule has 0 unspecified atom stereocenters. The van der Waals surface area contributed by atoms with Crippen molar-refractivity contribution in [3.63, 3.8) is 0 Å². The highest BCUT2D eigenvalue weighted by molar-refractivity contribution is 9.10. The molecule has 15 heavy (non-hydrogen) atoms. The second-order valence-corrected chi connectivity index (χ2v) is 6.12. The Bertz CT molecular complexity index is 312. The van der Waals surface area contributed by atoms with Gasteiger partial charge in [0.25, 0.3) is 0 Å². The van der Waals surface area contributed by atoms with Crippen LogP contribution in [0.4, 0.5) is 5.69 Å². The molecule has 1 rings (SSSR count). The minimum atomic E-state index is 0.797. The lowest BCUT2D eigenvalue weighted by Gasteiger charge is -2.07. The van der Waals surface area contributed by atoms with Crippen molar-refractivity contribution >= 4 is 33.4 Å². The van der Waals surface area contributed by atoms with Crippen LogP contribution in [0.2, 0.25) is 0 Å². The standard InChI is InChI=1S/C12H18BrNS/c1-9(2)4-3-7-15-12-8-10(13)5-6-11(12)14/h5-6,8-9H,3-4,7,14H2,1-2H3. The van der Waals surface area contributed by atoms with E-state index in [0.29, 0.717) is 0 Å². The molecule has 0 aliphatic carbocycles.